The van der Waals surface area contributed by atoms with Crippen LogP contribution in [0.1, 0.15) is 12.7 Å². The molecule has 3 aromatic rings. The van der Waals surface area contributed by atoms with Crippen LogP contribution in [0.3, 0.4) is 0 Å². The number of hydrogen-bond donors (Lipinski definition) is 3. The maximum Gasteiger partial charge on any atom is 0.245 e. The predicted octanol–water partition coefficient (Wildman–Crippen LogP) is 2.78. The first-order chi connectivity index (χ1) is 11.7. The molecule has 0 radical (unpaired) electrons. The summed E-state index contributed by atoms with van der Waals surface area (Å²) in [6.45, 7) is 1.94. The number of anilines is 4. The minimum absolute atomic E-state index is 0.108. The quantitative estimate of drug-likeness (QED) is 0.640. The molecular formula is C16H16N6O2. The van der Waals surface area contributed by atoms with Crippen molar-refractivity contribution in [1.82, 2.24) is 15.2 Å². The van der Waals surface area contributed by atoms with Crippen molar-refractivity contribution in [3.63, 3.8) is 0 Å². The third-order valence-corrected chi connectivity index (χ3v) is 3.04. The fraction of sp³-hybridized carbons (Fsp3) is 0.125. The highest BCUT2D eigenvalue weighted by molar-refractivity contribution is 5.88. The Hall–Kier alpha value is -3.42. The molecule has 24 heavy (non-hydrogen) atoms. The first-order valence-corrected chi connectivity index (χ1v) is 7.30. The van der Waals surface area contributed by atoms with E-state index in [4.69, 9.17) is 4.42 Å². The summed E-state index contributed by atoms with van der Waals surface area (Å²) >= 11 is 0. The van der Waals surface area contributed by atoms with Crippen LogP contribution >= 0.6 is 0 Å². The van der Waals surface area contributed by atoms with Gasteiger partial charge in [-0.25, -0.2) is 0 Å². The number of furan rings is 1. The van der Waals surface area contributed by atoms with Gasteiger partial charge in [-0.15, -0.1) is 5.10 Å². The lowest BCUT2D eigenvalue weighted by atomic mass is 10.3. The highest BCUT2D eigenvalue weighted by Crippen LogP contribution is 2.17. The molecule has 1 aromatic carbocycles. The molecular weight excluding hydrogens is 308 g/mol. The Morgan fingerprint density at radius 1 is 1.17 bits per heavy atom. The zero-order chi connectivity index (χ0) is 16.8. The lowest BCUT2D eigenvalue weighted by molar-refractivity contribution is -0.114. The van der Waals surface area contributed by atoms with E-state index in [2.05, 4.69) is 31.1 Å². The minimum atomic E-state index is -0.108. The number of aromatic nitrogens is 3. The third-order valence-electron chi connectivity index (χ3n) is 3.04. The van der Waals surface area contributed by atoms with Gasteiger partial charge in [-0.3, -0.25) is 4.79 Å². The van der Waals surface area contributed by atoms with Gasteiger partial charge in [-0.2, -0.15) is 10.1 Å². The summed E-state index contributed by atoms with van der Waals surface area (Å²) in [5.41, 5.74) is 1.55. The van der Waals surface area contributed by atoms with Crippen molar-refractivity contribution in [3.8, 4) is 0 Å². The zero-order valence-electron chi connectivity index (χ0n) is 13.0. The lowest BCUT2D eigenvalue weighted by Crippen LogP contribution is -2.06. The van der Waals surface area contributed by atoms with Crippen molar-refractivity contribution in [1.29, 1.82) is 0 Å². The van der Waals surface area contributed by atoms with E-state index >= 15 is 0 Å². The lowest BCUT2D eigenvalue weighted by Gasteiger charge is -2.08. The highest BCUT2D eigenvalue weighted by atomic mass is 16.3. The van der Waals surface area contributed by atoms with Crippen molar-refractivity contribution in [2.45, 2.75) is 13.5 Å². The normalized spacial score (nSPS) is 10.2. The summed E-state index contributed by atoms with van der Waals surface area (Å²) in [4.78, 5) is 15.3. The summed E-state index contributed by atoms with van der Waals surface area (Å²) in [6.07, 6.45) is 3.14. The fourth-order valence-corrected chi connectivity index (χ4v) is 2.01. The SMILES string of the molecule is CC(=O)Nc1ccc(Nc2cnnc(NCc3ccco3)n2)cc1. The number of carbonyl (C=O) groups is 1. The molecule has 0 unspecified atom stereocenters. The van der Waals surface area contributed by atoms with Gasteiger partial charge in [0.05, 0.1) is 19.0 Å². The second kappa shape index (κ2) is 7.23. The van der Waals surface area contributed by atoms with Crippen molar-refractivity contribution < 1.29 is 9.21 Å². The molecule has 0 aliphatic rings. The van der Waals surface area contributed by atoms with Crippen LogP contribution in [0.4, 0.5) is 23.1 Å². The van der Waals surface area contributed by atoms with E-state index in [0.29, 0.717) is 18.3 Å². The molecule has 0 atom stereocenters. The Morgan fingerprint density at radius 3 is 2.67 bits per heavy atom. The molecule has 0 aliphatic heterocycles. The smallest absolute Gasteiger partial charge is 0.245 e. The molecule has 0 bridgehead atoms. The average molecular weight is 324 g/mol. The maximum absolute atomic E-state index is 11.0. The molecule has 3 N–H and O–H groups in total. The van der Waals surface area contributed by atoms with Crippen LogP contribution in [-0.2, 0) is 11.3 Å². The van der Waals surface area contributed by atoms with Gasteiger partial charge in [0, 0.05) is 18.3 Å². The van der Waals surface area contributed by atoms with E-state index in [0.717, 1.165) is 17.1 Å². The van der Waals surface area contributed by atoms with Crippen LogP contribution < -0.4 is 16.0 Å². The van der Waals surface area contributed by atoms with Gasteiger partial charge < -0.3 is 20.4 Å². The Balaban J connectivity index is 1.62. The Kier molecular flexibility index (Phi) is 4.66. The summed E-state index contributed by atoms with van der Waals surface area (Å²) in [7, 11) is 0. The monoisotopic (exact) mass is 324 g/mol. The molecule has 0 aliphatic carbocycles. The van der Waals surface area contributed by atoms with Crippen LogP contribution in [0, 0.1) is 0 Å². The number of carbonyl (C=O) groups excluding carboxylic acids is 1. The van der Waals surface area contributed by atoms with Gasteiger partial charge in [0.1, 0.15) is 5.76 Å². The molecule has 0 saturated carbocycles. The number of rotatable bonds is 6. The van der Waals surface area contributed by atoms with E-state index in [1.165, 1.54) is 13.1 Å². The molecule has 2 heterocycles. The Morgan fingerprint density at radius 2 is 1.96 bits per heavy atom. The predicted molar refractivity (Wildman–Crippen MR) is 89.9 cm³/mol. The first kappa shape index (κ1) is 15.5. The van der Waals surface area contributed by atoms with Gasteiger partial charge in [-0.05, 0) is 36.4 Å². The average Bonchev–Trinajstić information content (AvgIpc) is 3.08. The standard InChI is InChI=1S/C16H16N6O2/c1-11(23)19-12-4-6-13(7-5-12)20-15-10-18-22-16(21-15)17-9-14-3-2-8-24-14/h2-8,10H,9H2,1H3,(H,19,23)(H2,17,20,21,22). The highest BCUT2D eigenvalue weighted by Gasteiger charge is 2.03. The molecule has 122 valence electrons. The number of nitrogens with one attached hydrogen (secondary N) is 3. The van der Waals surface area contributed by atoms with Gasteiger partial charge in [-0.1, -0.05) is 0 Å². The van der Waals surface area contributed by atoms with Crippen LogP contribution in [0.15, 0.2) is 53.3 Å². The van der Waals surface area contributed by atoms with Gasteiger partial charge in [0.15, 0.2) is 5.82 Å². The van der Waals surface area contributed by atoms with Crippen molar-refractivity contribution in [3.05, 3.63) is 54.6 Å². The van der Waals surface area contributed by atoms with Crippen LogP contribution in [0.5, 0.6) is 0 Å². The van der Waals surface area contributed by atoms with Crippen molar-refractivity contribution in [2.24, 2.45) is 0 Å². The van der Waals surface area contributed by atoms with E-state index in [1.807, 2.05) is 24.3 Å². The van der Waals surface area contributed by atoms with E-state index in [9.17, 15) is 4.79 Å². The van der Waals surface area contributed by atoms with Crippen LogP contribution in [-0.4, -0.2) is 21.1 Å². The Bertz CT molecular complexity index is 802. The number of amides is 1. The number of nitrogens with zero attached hydrogens (tertiary/aromatic N) is 3. The number of benzene rings is 1. The van der Waals surface area contributed by atoms with Gasteiger partial charge >= 0.3 is 0 Å². The Labute approximate surface area is 138 Å². The van der Waals surface area contributed by atoms with E-state index in [-0.39, 0.29) is 5.91 Å². The largest absolute Gasteiger partial charge is 0.467 e. The molecule has 2 aromatic heterocycles. The fourth-order valence-electron chi connectivity index (χ4n) is 2.01. The maximum atomic E-state index is 11.0. The molecule has 0 spiro atoms. The first-order valence-electron chi connectivity index (χ1n) is 7.30. The summed E-state index contributed by atoms with van der Waals surface area (Å²) in [5, 5.41) is 16.7. The van der Waals surface area contributed by atoms with Gasteiger partial charge in [0.25, 0.3) is 0 Å². The topological polar surface area (TPSA) is 105 Å². The van der Waals surface area contributed by atoms with Gasteiger partial charge in [0.2, 0.25) is 11.9 Å². The molecule has 8 nitrogen and oxygen atoms in total. The van der Waals surface area contributed by atoms with Crippen molar-refractivity contribution in [2.75, 3.05) is 16.0 Å². The molecule has 8 heteroatoms. The summed E-state index contributed by atoms with van der Waals surface area (Å²) < 4.78 is 5.24. The second-order valence-electron chi connectivity index (χ2n) is 4.98. The van der Waals surface area contributed by atoms with E-state index in [1.54, 1.807) is 18.4 Å². The molecule has 1 amide bonds. The summed E-state index contributed by atoms with van der Waals surface area (Å²) in [5.74, 6) is 1.62. The summed E-state index contributed by atoms with van der Waals surface area (Å²) in [6, 6.07) is 11.0. The molecule has 0 fully saturated rings. The minimum Gasteiger partial charge on any atom is -0.467 e. The van der Waals surface area contributed by atoms with Crippen molar-refractivity contribution >= 4 is 29.0 Å². The molecule has 3 rings (SSSR count). The van der Waals surface area contributed by atoms with Crippen LogP contribution in [0.2, 0.25) is 0 Å². The van der Waals surface area contributed by atoms with E-state index < -0.39 is 0 Å². The number of hydrogen-bond acceptors (Lipinski definition) is 7. The van der Waals surface area contributed by atoms with Crippen LogP contribution in [0.25, 0.3) is 0 Å². The zero-order valence-corrected chi connectivity index (χ0v) is 13.0. The third kappa shape index (κ3) is 4.29. The molecule has 0 saturated heterocycles. The second-order valence-corrected chi connectivity index (χ2v) is 4.98.